The van der Waals surface area contributed by atoms with Crippen LogP contribution in [0.15, 0.2) is 39.8 Å². The van der Waals surface area contributed by atoms with E-state index in [0.29, 0.717) is 5.56 Å². The highest BCUT2D eigenvalue weighted by Crippen LogP contribution is 2.24. The Morgan fingerprint density at radius 2 is 1.68 bits per heavy atom. The van der Waals surface area contributed by atoms with E-state index in [9.17, 15) is 22.0 Å². The van der Waals surface area contributed by atoms with Crippen molar-refractivity contribution in [3.63, 3.8) is 0 Å². The number of piperazine rings is 1. The first-order valence-electron chi connectivity index (χ1n) is 7.60. The Kier molecular flexibility index (Phi) is 4.61. The van der Waals surface area contributed by atoms with E-state index in [1.165, 1.54) is 11.2 Å². The molecule has 9 heteroatoms. The molecular formula is C16H16F2N2O4S. The first kappa shape index (κ1) is 17.6. The maximum atomic E-state index is 13.8. The molecule has 25 heavy (non-hydrogen) atoms. The highest BCUT2D eigenvalue weighted by Gasteiger charge is 2.34. The Labute approximate surface area is 143 Å². The molecule has 0 unspecified atom stereocenters. The number of sulfonamides is 1. The molecule has 1 saturated heterocycles. The number of nitrogens with zero attached hydrogens (tertiary/aromatic N) is 2. The van der Waals surface area contributed by atoms with Crippen LogP contribution in [0.2, 0.25) is 0 Å². The van der Waals surface area contributed by atoms with E-state index in [-0.39, 0.29) is 37.8 Å². The fraction of sp³-hybridized carbons (Fsp3) is 0.312. The minimum atomic E-state index is -4.31. The van der Waals surface area contributed by atoms with Crippen molar-refractivity contribution >= 4 is 15.9 Å². The van der Waals surface area contributed by atoms with Crippen molar-refractivity contribution in [1.82, 2.24) is 9.21 Å². The topological polar surface area (TPSA) is 70.8 Å². The third-order valence-corrected chi connectivity index (χ3v) is 6.05. The summed E-state index contributed by atoms with van der Waals surface area (Å²) in [5.41, 5.74) is 0.688. The molecule has 1 amide bonds. The second kappa shape index (κ2) is 6.57. The molecule has 1 fully saturated rings. The number of hydrogen-bond acceptors (Lipinski definition) is 4. The molecule has 0 atom stereocenters. The quantitative estimate of drug-likeness (QED) is 0.829. The van der Waals surface area contributed by atoms with Gasteiger partial charge in [0.25, 0.3) is 5.91 Å². The fourth-order valence-electron chi connectivity index (χ4n) is 2.73. The number of carbonyl (C=O) groups is 1. The predicted octanol–water partition coefficient (Wildman–Crippen LogP) is 2.01. The van der Waals surface area contributed by atoms with Gasteiger partial charge in [-0.25, -0.2) is 17.2 Å². The maximum absolute atomic E-state index is 13.8. The van der Waals surface area contributed by atoms with Crippen molar-refractivity contribution in [1.29, 1.82) is 0 Å². The van der Waals surface area contributed by atoms with Gasteiger partial charge in [-0.2, -0.15) is 4.31 Å². The minimum absolute atomic E-state index is 0.0540. The lowest BCUT2D eigenvalue weighted by Gasteiger charge is -2.33. The average molecular weight is 370 g/mol. The summed E-state index contributed by atoms with van der Waals surface area (Å²) in [4.78, 5) is 12.9. The molecular weight excluding hydrogens is 354 g/mol. The summed E-state index contributed by atoms with van der Waals surface area (Å²) in [6.45, 7) is 1.84. The number of amides is 1. The van der Waals surface area contributed by atoms with Crippen LogP contribution in [0.25, 0.3) is 0 Å². The van der Waals surface area contributed by atoms with E-state index < -0.39 is 26.6 Å². The van der Waals surface area contributed by atoms with Crippen LogP contribution in [0.4, 0.5) is 8.78 Å². The Morgan fingerprint density at radius 3 is 2.20 bits per heavy atom. The maximum Gasteiger partial charge on any atom is 0.289 e. The largest absolute Gasteiger partial charge is 0.459 e. The van der Waals surface area contributed by atoms with Gasteiger partial charge in [0.2, 0.25) is 10.0 Å². The number of benzene rings is 1. The van der Waals surface area contributed by atoms with Crippen LogP contribution in [0.3, 0.4) is 0 Å². The predicted molar refractivity (Wildman–Crippen MR) is 84.5 cm³/mol. The van der Waals surface area contributed by atoms with Crippen molar-refractivity contribution in [2.75, 3.05) is 26.2 Å². The van der Waals surface area contributed by atoms with Gasteiger partial charge in [0, 0.05) is 31.7 Å². The monoisotopic (exact) mass is 370 g/mol. The first-order valence-corrected chi connectivity index (χ1v) is 9.04. The normalized spacial score (nSPS) is 16.2. The smallest absolute Gasteiger partial charge is 0.289 e. The van der Waals surface area contributed by atoms with Crippen molar-refractivity contribution in [2.24, 2.45) is 0 Å². The van der Waals surface area contributed by atoms with Gasteiger partial charge in [-0.3, -0.25) is 4.79 Å². The van der Waals surface area contributed by atoms with Crippen molar-refractivity contribution in [3.8, 4) is 0 Å². The van der Waals surface area contributed by atoms with Crippen molar-refractivity contribution in [2.45, 2.75) is 11.8 Å². The third kappa shape index (κ3) is 3.16. The van der Waals surface area contributed by atoms with Crippen LogP contribution in [0, 0.1) is 18.6 Å². The van der Waals surface area contributed by atoms with Crippen LogP contribution >= 0.6 is 0 Å². The molecule has 0 radical (unpaired) electrons. The molecule has 0 bridgehead atoms. The zero-order chi connectivity index (χ0) is 18.2. The van der Waals surface area contributed by atoms with Crippen LogP contribution in [-0.4, -0.2) is 49.7 Å². The summed E-state index contributed by atoms with van der Waals surface area (Å²) in [7, 11) is -4.31. The first-order chi connectivity index (χ1) is 11.8. The Balaban J connectivity index is 1.76. The van der Waals surface area contributed by atoms with Gasteiger partial charge in [-0.1, -0.05) is 6.07 Å². The fourth-order valence-corrected chi connectivity index (χ4v) is 4.26. The molecule has 2 aromatic rings. The molecule has 6 nitrogen and oxygen atoms in total. The summed E-state index contributed by atoms with van der Waals surface area (Å²) in [5, 5.41) is 0. The summed E-state index contributed by atoms with van der Waals surface area (Å²) >= 11 is 0. The Bertz CT molecular complexity index is 882. The summed E-state index contributed by atoms with van der Waals surface area (Å²) < 4.78 is 58.8. The number of rotatable bonds is 3. The van der Waals surface area contributed by atoms with Gasteiger partial charge in [-0.05, 0) is 25.1 Å². The van der Waals surface area contributed by atoms with Crippen molar-refractivity contribution in [3.05, 3.63) is 53.5 Å². The molecule has 134 valence electrons. The Hall–Kier alpha value is -2.26. The highest BCUT2D eigenvalue weighted by atomic mass is 32.2. The minimum Gasteiger partial charge on any atom is -0.459 e. The van der Waals surface area contributed by atoms with Crippen LogP contribution < -0.4 is 0 Å². The second-order valence-electron chi connectivity index (χ2n) is 5.68. The van der Waals surface area contributed by atoms with Gasteiger partial charge in [0.1, 0.15) is 11.6 Å². The molecule has 0 spiro atoms. The number of carbonyl (C=O) groups excluding carboxylic acids is 1. The number of furan rings is 1. The van der Waals surface area contributed by atoms with E-state index in [2.05, 4.69) is 0 Å². The SMILES string of the molecule is Cc1ccoc1C(=O)N1CCN(S(=O)(=O)c2c(F)cccc2F)CC1. The number of hydrogen-bond donors (Lipinski definition) is 0. The molecule has 2 heterocycles. The van der Waals surface area contributed by atoms with E-state index >= 15 is 0 Å². The summed E-state index contributed by atoms with van der Waals surface area (Å²) in [6.07, 6.45) is 1.41. The molecule has 1 aliphatic heterocycles. The van der Waals surface area contributed by atoms with Gasteiger partial charge in [0.15, 0.2) is 10.7 Å². The molecule has 0 aliphatic carbocycles. The van der Waals surface area contributed by atoms with Crippen molar-refractivity contribution < 1.29 is 26.4 Å². The molecule has 1 aromatic heterocycles. The third-order valence-electron chi connectivity index (χ3n) is 4.10. The van der Waals surface area contributed by atoms with E-state index in [1.54, 1.807) is 13.0 Å². The van der Waals surface area contributed by atoms with Crippen LogP contribution in [0.1, 0.15) is 16.1 Å². The number of halogens is 2. The second-order valence-corrected chi connectivity index (χ2v) is 7.55. The molecule has 1 aromatic carbocycles. The molecule has 0 N–H and O–H groups in total. The van der Waals surface area contributed by atoms with Gasteiger partial charge < -0.3 is 9.32 Å². The zero-order valence-corrected chi connectivity index (χ0v) is 14.2. The van der Waals surface area contributed by atoms with Crippen LogP contribution in [-0.2, 0) is 10.0 Å². The summed E-state index contributed by atoms with van der Waals surface area (Å²) in [5.74, 6) is -2.40. The highest BCUT2D eigenvalue weighted by molar-refractivity contribution is 7.89. The van der Waals surface area contributed by atoms with Gasteiger partial charge in [0.05, 0.1) is 6.26 Å². The average Bonchev–Trinajstić information content (AvgIpc) is 3.00. The molecule has 3 rings (SSSR count). The van der Waals surface area contributed by atoms with E-state index in [1.807, 2.05) is 0 Å². The Morgan fingerprint density at radius 1 is 1.08 bits per heavy atom. The molecule has 0 saturated carbocycles. The summed E-state index contributed by atoms with van der Waals surface area (Å²) in [6, 6.07) is 4.56. The van der Waals surface area contributed by atoms with Gasteiger partial charge in [-0.15, -0.1) is 0 Å². The zero-order valence-electron chi connectivity index (χ0n) is 13.4. The lowest BCUT2D eigenvalue weighted by atomic mass is 10.2. The van der Waals surface area contributed by atoms with E-state index in [0.717, 1.165) is 22.5 Å². The lowest BCUT2D eigenvalue weighted by Crippen LogP contribution is -2.50. The standard InChI is InChI=1S/C16H16F2N2O4S/c1-11-5-10-24-14(11)16(21)19-6-8-20(9-7-19)25(22,23)15-12(17)3-2-4-13(15)18/h2-5,10H,6-9H2,1H3. The lowest BCUT2D eigenvalue weighted by molar-refractivity contribution is 0.0664. The number of aryl methyl sites for hydroxylation is 1. The molecule has 1 aliphatic rings. The van der Waals surface area contributed by atoms with Gasteiger partial charge >= 0.3 is 0 Å². The van der Waals surface area contributed by atoms with E-state index in [4.69, 9.17) is 4.42 Å². The van der Waals surface area contributed by atoms with Crippen LogP contribution in [0.5, 0.6) is 0 Å².